The van der Waals surface area contributed by atoms with Crippen molar-refractivity contribution in [3.05, 3.63) is 23.9 Å². The van der Waals surface area contributed by atoms with Crippen LogP contribution in [-0.2, 0) is 0 Å². The molecule has 1 saturated heterocycles. The van der Waals surface area contributed by atoms with Gasteiger partial charge in [-0.25, -0.2) is 4.98 Å². The van der Waals surface area contributed by atoms with E-state index in [0.29, 0.717) is 0 Å². The summed E-state index contributed by atoms with van der Waals surface area (Å²) < 4.78 is 0. The van der Waals surface area contributed by atoms with Gasteiger partial charge in [-0.3, -0.25) is 0 Å². The maximum Gasteiger partial charge on any atom is 0.129 e. The summed E-state index contributed by atoms with van der Waals surface area (Å²) in [4.78, 5) is 6.54. The van der Waals surface area contributed by atoms with Crippen molar-refractivity contribution in [3.8, 4) is 0 Å². The third-order valence-corrected chi connectivity index (χ3v) is 2.78. The largest absolute Gasteiger partial charge is 0.394 e. The van der Waals surface area contributed by atoms with Crippen LogP contribution in [0.2, 0.25) is 0 Å². The summed E-state index contributed by atoms with van der Waals surface area (Å²) in [7, 11) is 0. The summed E-state index contributed by atoms with van der Waals surface area (Å²) in [5, 5.41) is 9.20. The van der Waals surface area contributed by atoms with Gasteiger partial charge in [-0.2, -0.15) is 0 Å². The minimum absolute atomic E-state index is 0.232. The van der Waals surface area contributed by atoms with Crippen molar-refractivity contribution >= 4 is 5.82 Å². The molecule has 2 rings (SSSR count). The number of aromatic nitrogens is 1. The Morgan fingerprint density at radius 3 is 3.21 bits per heavy atom. The second-order valence-electron chi connectivity index (χ2n) is 3.86. The molecule has 0 unspecified atom stereocenters. The van der Waals surface area contributed by atoms with Crippen LogP contribution in [0.15, 0.2) is 18.3 Å². The molecule has 76 valence electrons. The van der Waals surface area contributed by atoms with Crippen molar-refractivity contribution in [2.75, 3.05) is 18.1 Å². The maximum atomic E-state index is 9.20. The van der Waals surface area contributed by atoms with Crippen LogP contribution in [0.5, 0.6) is 0 Å². The quantitative estimate of drug-likeness (QED) is 0.768. The van der Waals surface area contributed by atoms with Crippen molar-refractivity contribution in [3.63, 3.8) is 0 Å². The fraction of sp³-hybridized carbons (Fsp3) is 0.545. The van der Waals surface area contributed by atoms with Crippen molar-refractivity contribution in [1.29, 1.82) is 0 Å². The van der Waals surface area contributed by atoms with Gasteiger partial charge < -0.3 is 10.0 Å². The number of anilines is 1. The first-order valence-corrected chi connectivity index (χ1v) is 5.11. The smallest absolute Gasteiger partial charge is 0.129 e. The van der Waals surface area contributed by atoms with Crippen LogP contribution >= 0.6 is 0 Å². The van der Waals surface area contributed by atoms with Crippen LogP contribution in [0.4, 0.5) is 5.82 Å². The van der Waals surface area contributed by atoms with E-state index in [-0.39, 0.29) is 12.6 Å². The van der Waals surface area contributed by atoms with Gasteiger partial charge in [-0.05, 0) is 37.5 Å². The lowest BCUT2D eigenvalue weighted by Crippen LogP contribution is -2.32. The molecule has 1 aromatic heterocycles. The van der Waals surface area contributed by atoms with Gasteiger partial charge in [0, 0.05) is 12.7 Å². The molecule has 1 aromatic rings. The molecule has 0 spiro atoms. The minimum atomic E-state index is 0.232. The van der Waals surface area contributed by atoms with Crippen molar-refractivity contribution in [2.45, 2.75) is 25.8 Å². The van der Waals surface area contributed by atoms with Gasteiger partial charge in [-0.1, -0.05) is 0 Å². The average Bonchev–Trinajstić information content (AvgIpc) is 2.65. The highest BCUT2D eigenvalue weighted by atomic mass is 16.3. The number of hydrogen-bond acceptors (Lipinski definition) is 3. The normalized spacial score (nSPS) is 21.6. The third-order valence-electron chi connectivity index (χ3n) is 2.78. The van der Waals surface area contributed by atoms with Gasteiger partial charge in [0.05, 0.1) is 12.6 Å². The predicted octanol–water partition coefficient (Wildman–Crippen LogP) is 1.35. The standard InChI is InChI=1S/C11H16N2O/c1-9-4-5-12-11(7-9)13-6-2-3-10(13)8-14/h4-5,7,10,14H,2-3,6,8H2,1H3/t10-/m0/s1. The summed E-state index contributed by atoms with van der Waals surface area (Å²) in [6.07, 6.45) is 4.06. The maximum absolute atomic E-state index is 9.20. The molecular formula is C11H16N2O. The highest BCUT2D eigenvalue weighted by Gasteiger charge is 2.24. The third kappa shape index (κ3) is 1.73. The number of aryl methyl sites for hydroxylation is 1. The molecule has 0 radical (unpaired) electrons. The van der Waals surface area contributed by atoms with E-state index in [2.05, 4.69) is 22.9 Å². The lowest BCUT2D eigenvalue weighted by Gasteiger charge is -2.24. The zero-order valence-corrected chi connectivity index (χ0v) is 8.48. The molecule has 0 aliphatic carbocycles. The topological polar surface area (TPSA) is 36.4 Å². The minimum Gasteiger partial charge on any atom is -0.394 e. The lowest BCUT2D eigenvalue weighted by molar-refractivity contribution is 0.266. The van der Waals surface area contributed by atoms with Crippen LogP contribution in [0.25, 0.3) is 0 Å². The number of pyridine rings is 1. The average molecular weight is 192 g/mol. The van der Waals surface area contributed by atoms with Crippen molar-refractivity contribution < 1.29 is 5.11 Å². The summed E-state index contributed by atoms with van der Waals surface area (Å²) in [6, 6.07) is 4.34. The molecule has 1 aliphatic heterocycles. The highest BCUT2D eigenvalue weighted by Crippen LogP contribution is 2.23. The highest BCUT2D eigenvalue weighted by molar-refractivity contribution is 5.42. The van der Waals surface area contributed by atoms with E-state index in [0.717, 1.165) is 25.2 Å². The van der Waals surface area contributed by atoms with E-state index in [1.165, 1.54) is 5.56 Å². The van der Waals surface area contributed by atoms with E-state index in [9.17, 15) is 5.11 Å². The molecule has 1 N–H and O–H groups in total. The van der Waals surface area contributed by atoms with Crippen LogP contribution in [-0.4, -0.2) is 29.3 Å². The van der Waals surface area contributed by atoms with Crippen molar-refractivity contribution in [2.24, 2.45) is 0 Å². The van der Waals surface area contributed by atoms with Crippen LogP contribution in [0, 0.1) is 6.92 Å². The molecule has 3 heteroatoms. The van der Waals surface area contributed by atoms with E-state index in [4.69, 9.17) is 0 Å². The van der Waals surface area contributed by atoms with Gasteiger partial charge in [0.2, 0.25) is 0 Å². The Labute approximate surface area is 84.4 Å². The molecule has 1 fully saturated rings. The van der Waals surface area contributed by atoms with E-state index in [1.807, 2.05) is 12.3 Å². The first-order chi connectivity index (χ1) is 6.81. The summed E-state index contributed by atoms with van der Waals surface area (Å²) >= 11 is 0. The lowest BCUT2D eigenvalue weighted by atomic mass is 10.2. The van der Waals surface area contributed by atoms with Gasteiger partial charge in [0.1, 0.15) is 5.82 Å². The van der Waals surface area contributed by atoms with E-state index < -0.39 is 0 Å². The number of aliphatic hydroxyl groups is 1. The van der Waals surface area contributed by atoms with Crippen LogP contribution in [0.3, 0.4) is 0 Å². The zero-order valence-electron chi connectivity index (χ0n) is 8.48. The number of hydrogen-bond donors (Lipinski definition) is 1. The van der Waals surface area contributed by atoms with Crippen molar-refractivity contribution in [1.82, 2.24) is 4.98 Å². The molecule has 0 bridgehead atoms. The van der Waals surface area contributed by atoms with Gasteiger partial charge >= 0.3 is 0 Å². The Morgan fingerprint density at radius 1 is 1.64 bits per heavy atom. The summed E-state index contributed by atoms with van der Waals surface area (Å²) in [5.74, 6) is 1.00. The molecule has 2 heterocycles. The monoisotopic (exact) mass is 192 g/mol. The number of rotatable bonds is 2. The Balaban J connectivity index is 2.21. The molecule has 0 amide bonds. The molecule has 0 saturated carbocycles. The molecule has 0 aromatic carbocycles. The molecule has 1 aliphatic rings. The number of aliphatic hydroxyl groups excluding tert-OH is 1. The fourth-order valence-electron chi connectivity index (χ4n) is 2.00. The van der Waals surface area contributed by atoms with Crippen LogP contribution in [0.1, 0.15) is 18.4 Å². The SMILES string of the molecule is Cc1ccnc(N2CCC[C@H]2CO)c1. The first-order valence-electron chi connectivity index (χ1n) is 5.11. The molecule has 14 heavy (non-hydrogen) atoms. The number of nitrogens with zero attached hydrogens (tertiary/aromatic N) is 2. The summed E-state index contributed by atoms with van der Waals surface area (Å²) in [5.41, 5.74) is 1.22. The van der Waals surface area contributed by atoms with Crippen LogP contribution < -0.4 is 4.90 Å². The van der Waals surface area contributed by atoms with Gasteiger partial charge in [-0.15, -0.1) is 0 Å². The second-order valence-corrected chi connectivity index (χ2v) is 3.86. The summed E-state index contributed by atoms with van der Waals surface area (Å²) in [6.45, 7) is 3.31. The van der Waals surface area contributed by atoms with Gasteiger partial charge in [0.25, 0.3) is 0 Å². The fourth-order valence-corrected chi connectivity index (χ4v) is 2.00. The predicted molar refractivity (Wildman–Crippen MR) is 56.4 cm³/mol. The zero-order chi connectivity index (χ0) is 9.97. The molecule has 1 atom stereocenters. The second kappa shape index (κ2) is 3.96. The van der Waals surface area contributed by atoms with E-state index >= 15 is 0 Å². The first kappa shape index (κ1) is 9.46. The van der Waals surface area contributed by atoms with Gasteiger partial charge in [0.15, 0.2) is 0 Å². The Hall–Kier alpha value is -1.09. The molecule has 3 nitrogen and oxygen atoms in total. The Bertz CT molecular complexity index is 314. The molecular weight excluding hydrogens is 176 g/mol. The Kier molecular flexibility index (Phi) is 2.68. The van der Waals surface area contributed by atoms with E-state index in [1.54, 1.807) is 0 Å². The Morgan fingerprint density at radius 2 is 2.50 bits per heavy atom.